The van der Waals surface area contributed by atoms with Crippen LogP contribution < -0.4 is 5.32 Å². The molecule has 0 amide bonds. The first-order chi connectivity index (χ1) is 7.33. The molecule has 0 aliphatic carbocycles. The summed E-state index contributed by atoms with van der Waals surface area (Å²) in [5.74, 6) is 0.835. The van der Waals surface area contributed by atoms with E-state index in [0.717, 1.165) is 25.1 Å². The Bertz CT molecular complexity index is 327. The van der Waals surface area contributed by atoms with E-state index in [-0.39, 0.29) is 6.04 Å². The van der Waals surface area contributed by atoms with Crippen molar-refractivity contribution in [1.82, 2.24) is 5.32 Å². The maximum atomic E-state index is 9.78. The van der Waals surface area contributed by atoms with Gasteiger partial charge in [0.25, 0.3) is 0 Å². The molecule has 2 rings (SSSR count). The van der Waals surface area contributed by atoms with Crippen molar-refractivity contribution in [3.8, 4) is 5.75 Å². The standard InChI is InChI=1S/C12H17NO2/c1-15-8-9-6-7-13-12(9)10-4-2-3-5-11(10)14/h2-5,9,12-14H,6-8H2,1H3. The van der Waals surface area contributed by atoms with Crippen LogP contribution in [0.25, 0.3) is 0 Å². The summed E-state index contributed by atoms with van der Waals surface area (Å²) >= 11 is 0. The molecule has 0 bridgehead atoms. The van der Waals surface area contributed by atoms with Gasteiger partial charge in [0.1, 0.15) is 5.75 Å². The second-order valence-electron chi connectivity index (χ2n) is 3.99. The second-order valence-corrected chi connectivity index (χ2v) is 3.99. The Morgan fingerprint density at radius 1 is 1.47 bits per heavy atom. The number of methoxy groups -OCH3 is 1. The number of aromatic hydroxyl groups is 1. The van der Waals surface area contributed by atoms with Crippen molar-refractivity contribution in [1.29, 1.82) is 0 Å². The van der Waals surface area contributed by atoms with Gasteiger partial charge in [0, 0.05) is 24.6 Å². The predicted octanol–water partition coefficient (Wildman–Crippen LogP) is 1.69. The van der Waals surface area contributed by atoms with Crippen LogP contribution in [-0.2, 0) is 4.74 Å². The van der Waals surface area contributed by atoms with Crippen LogP contribution in [0.15, 0.2) is 24.3 Å². The van der Waals surface area contributed by atoms with Crippen molar-refractivity contribution < 1.29 is 9.84 Å². The van der Waals surface area contributed by atoms with E-state index in [1.165, 1.54) is 0 Å². The molecule has 3 nitrogen and oxygen atoms in total. The maximum absolute atomic E-state index is 9.78. The Morgan fingerprint density at radius 3 is 3.00 bits per heavy atom. The molecule has 2 unspecified atom stereocenters. The van der Waals surface area contributed by atoms with E-state index >= 15 is 0 Å². The number of hydrogen-bond acceptors (Lipinski definition) is 3. The molecule has 2 atom stereocenters. The van der Waals surface area contributed by atoms with Crippen LogP contribution in [0, 0.1) is 5.92 Å². The first-order valence-corrected chi connectivity index (χ1v) is 5.33. The van der Waals surface area contributed by atoms with Gasteiger partial charge < -0.3 is 15.2 Å². The van der Waals surface area contributed by atoms with Crippen molar-refractivity contribution in [3.63, 3.8) is 0 Å². The molecule has 0 radical (unpaired) electrons. The van der Waals surface area contributed by atoms with Gasteiger partial charge in [-0.05, 0) is 19.0 Å². The van der Waals surface area contributed by atoms with Gasteiger partial charge in [-0.25, -0.2) is 0 Å². The van der Waals surface area contributed by atoms with Gasteiger partial charge in [-0.15, -0.1) is 0 Å². The monoisotopic (exact) mass is 207 g/mol. The Hall–Kier alpha value is -1.06. The summed E-state index contributed by atoms with van der Waals surface area (Å²) in [6.45, 7) is 1.74. The van der Waals surface area contributed by atoms with Gasteiger partial charge in [0.05, 0.1) is 6.61 Å². The van der Waals surface area contributed by atoms with Crippen LogP contribution in [0.5, 0.6) is 5.75 Å². The normalized spacial score (nSPS) is 25.7. The average molecular weight is 207 g/mol. The molecule has 1 aromatic rings. The molecule has 82 valence electrons. The fraction of sp³-hybridized carbons (Fsp3) is 0.500. The fourth-order valence-corrected chi connectivity index (χ4v) is 2.27. The third-order valence-electron chi connectivity index (χ3n) is 3.00. The quantitative estimate of drug-likeness (QED) is 0.792. The van der Waals surface area contributed by atoms with Gasteiger partial charge >= 0.3 is 0 Å². The zero-order valence-electron chi connectivity index (χ0n) is 8.94. The van der Waals surface area contributed by atoms with E-state index in [0.29, 0.717) is 11.7 Å². The molecular weight excluding hydrogens is 190 g/mol. The molecule has 1 saturated heterocycles. The molecule has 15 heavy (non-hydrogen) atoms. The van der Waals surface area contributed by atoms with Gasteiger partial charge in [-0.3, -0.25) is 0 Å². The number of nitrogens with one attached hydrogen (secondary N) is 1. The van der Waals surface area contributed by atoms with E-state index in [1.54, 1.807) is 13.2 Å². The van der Waals surface area contributed by atoms with Gasteiger partial charge in [0.15, 0.2) is 0 Å². The molecule has 0 spiro atoms. The molecule has 1 fully saturated rings. The number of para-hydroxylation sites is 1. The molecule has 1 heterocycles. The highest BCUT2D eigenvalue weighted by Crippen LogP contribution is 2.34. The molecule has 3 heteroatoms. The molecule has 0 saturated carbocycles. The third-order valence-corrected chi connectivity index (χ3v) is 3.00. The van der Waals surface area contributed by atoms with Crippen molar-refractivity contribution >= 4 is 0 Å². The first kappa shape index (κ1) is 10.5. The van der Waals surface area contributed by atoms with Crippen molar-refractivity contribution in [2.24, 2.45) is 5.92 Å². The van der Waals surface area contributed by atoms with Crippen LogP contribution in [0.2, 0.25) is 0 Å². The van der Waals surface area contributed by atoms with E-state index in [9.17, 15) is 5.11 Å². The summed E-state index contributed by atoms with van der Waals surface area (Å²) in [5, 5.41) is 13.2. The van der Waals surface area contributed by atoms with E-state index in [4.69, 9.17) is 4.74 Å². The first-order valence-electron chi connectivity index (χ1n) is 5.33. The number of phenols is 1. The summed E-state index contributed by atoms with van der Waals surface area (Å²) in [6.07, 6.45) is 1.10. The van der Waals surface area contributed by atoms with E-state index in [1.807, 2.05) is 18.2 Å². The van der Waals surface area contributed by atoms with Crippen LogP contribution in [0.3, 0.4) is 0 Å². The van der Waals surface area contributed by atoms with Crippen molar-refractivity contribution in [2.75, 3.05) is 20.3 Å². The zero-order chi connectivity index (χ0) is 10.7. The highest BCUT2D eigenvalue weighted by atomic mass is 16.5. The number of rotatable bonds is 3. The predicted molar refractivity (Wildman–Crippen MR) is 58.8 cm³/mol. The van der Waals surface area contributed by atoms with E-state index in [2.05, 4.69) is 5.32 Å². The third kappa shape index (κ3) is 2.13. The van der Waals surface area contributed by atoms with Crippen LogP contribution in [0.4, 0.5) is 0 Å². The van der Waals surface area contributed by atoms with Crippen molar-refractivity contribution in [3.05, 3.63) is 29.8 Å². The van der Waals surface area contributed by atoms with E-state index < -0.39 is 0 Å². The average Bonchev–Trinajstić information content (AvgIpc) is 2.67. The molecule has 0 aromatic heterocycles. The summed E-state index contributed by atoms with van der Waals surface area (Å²) < 4.78 is 5.20. The second kappa shape index (κ2) is 4.64. The molecule has 2 N–H and O–H groups in total. The Balaban J connectivity index is 2.19. The topological polar surface area (TPSA) is 41.5 Å². The minimum absolute atomic E-state index is 0.228. The van der Waals surface area contributed by atoms with Crippen LogP contribution in [-0.4, -0.2) is 25.4 Å². The molecule has 1 aliphatic rings. The van der Waals surface area contributed by atoms with Crippen LogP contribution >= 0.6 is 0 Å². The largest absolute Gasteiger partial charge is 0.508 e. The van der Waals surface area contributed by atoms with Crippen molar-refractivity contribution in [2.45, 2.75) is 12.5 Å². The SMILES string of the molecule is COCC1CCNC1c1ccccc1O. The van der Waals surface area contributed by atoms with Gasteiger partial charge in [-0.2, -0.15) is 0 Å². The van der Waals surface area contributed by atoms with Gasteiger partial charge in [0.2, 0.25) is 0 Å². The minimum Gasteiger partial charge on any atom is -0.508 e. The summed E-state index contributed by atoms with van der Waals surface area (Å²) in [7, 11) is 1.72. The lowest BCUT2D eigenvalue weighted by Crippen LogP contribution is -2.20. The number of phenolic OH excluding ortho intramolecular Hbond substituents is 1. The lowest BCUT2D eigenvalue weighted by molar-refractivity contribution is 0.145. The highest BCUT2D eigenvalue weighted by molar-refractivity contribution is 5.35. The molecular formula is C12H17NO2. The number of benzene rings is 1. The number of ether oxygens (including phenoxy) is 1. The molecule has 1 aromatic carbocycles. The Kier molecular flexibility index (Phi) is 3.23. The lowest BCUT2D eigenvalue weighted by atomic mass is 9.94. The molecule has 1 aliphatic heterocycles. The summed E-state index contributed by atoms with van der Waals surface area (Å²) in [4.78, 5) is 0. The Labute approximate surface area is 90.1 Å². The maximum Gasteiger partial charge on any atom is 0.120 e. The lowest BCUT2D eigenvalue weighted by Gasteiger charge is -2.20. The Morgan fingerprint density at radius 2 is 2.27 bits per heavy atom. The fourth-order valence-electron chi connectivity index (χ4n) is 2.27. The van der Waals surface area contributed by atoms with Crippen LogP contribution in [0.1, 0.15) is 18.0 Å². The minimum atomic E-state index is 0.228. The van der Waals surface area contributed by atoms with Gasteiger partial charge in [-0.1, -0.05) is 18.2 Å². The number of hydrogen-bond donors (Lipinski definition) is 2. The summed E-state index contributed by atoms with van der Waals surface area (Å²) in [6, 6.07) is 7.74. The smallest absolute Gasteiger partial charge is 0.120 e. The summed E-state index contributed by atoms with van der Waals surface area (Å²) in [5.41, 5.74) is 0.983. The highest BCUT2D eigenvalue weighted by Gasteiger charge is 2.29. The zero-order valence-corrected chi connectivity index (χ0v) is 8.94.